The van der Waals surface area contributed by atoms with Crippen molar-refractivity contribution in [2.45, 2.75) is 32.2 Å². The van der Waals surface area contributed by atoms with Gasteiger partial charge in [0, 0.05) is 35.9 Å². The van der Waals surface area contributed by atoms with E-state index in [1.165, 1.54) is 19.2 Å². The van der Waals surface area contributed by atoms with Crippen LogP contribution in [0, 0.1) is 6.92 Å². The molecule has 32 heavy (non-hydrogen) atoms. The number of aryl methyl sites for hydroxylation is 1. The average molecular weight is 458 g/mol. The van der Waals surface area contributed by atoms with Crippen LogP contribution in [0.2, 0.25) is 0 Å². The van der Waals surface area contributed by atoms with Crippen molar-refractivity contribution in [3.8, 4) is 0 Å². The van der Waals surface area contributed by atoms with Gasteiger partial charge in [0.2, 0.25) is 5.91 Å². The van der Waals surface area contributed by atoms with Gasteiger partial charge in [0.05, 0.1) is 17.6 Å². The van der Waals surface area contributed by atoms with E-state index in [2.05, 4.69) is 9.46 Å². The first kappa shape index (κ1) is 23.3. The van der Waals surface area contributed by atoms with Crippen molar-refractivity contribution < 1.29 is 22.7 Å². The highest BCUT2D eigenvalue weighted by Crippen LogP contribution is 2.25. The monoisotopic (exact) mass is 457 g/mol. The molecule has 0 bridgehead atoms. The maximum absolute atomic E-state index is 13.0. The van der Waals surface area contributed by atoms with Crippen molar-refractivity contribution in [2.75, 3.05) is 24.9 Å². The number of sulfonamides is 1. The van der Waals surface area contributed by atoms with Crippen LogP contribution < -0.4 is 4.72 Å². The lowest BCUT2D eigenvalue weighted by molar-refractivity contribution is -0.131. The molecule has 0 aliphatic rings. The molecule has 0 fully saturated rings. The quantitative estimate of drug-likeness (QED) is 0.523. The number of aromatic nitrogens is 1. The Morgan fingerprint density at radius 3 is 2.44 bits per heavy atom. The van der Waals surface area contributed by atoms with E-state index >= 15 is 0 Å². The molecule has 0 radical (unpaired) electrons. The Morgan fingerprint density at radius 1 is 1.06 bits per heavy atom. The molecule has 8 nitrogen and oxygen atoms in total. The number of carbonyl (C=O) groups is 2. The number of fused-ring (bicyclic) bond motifs is 1. The van der Waals surface area contributed by atoms with E-state index in [-0.39, 0.29) is 22.9 Å². The third-order valence-electron chi connectivity index (χ3n) is 5.34. The van der Waals surface area contributed by atoms with Crippen LogP contribution >= 0.6 is 0 Å². The standard InChI is InChI=1S/C23H27N3O5S/c1-5-25(6-2)22(27)15-26-12-11-17-13-19(9-10-20(17)26)24-32(29,30)21-14-18(23(28)31-4)8-7-16(21)3/h7-14,24H,5-6,15H2,1-4H3. The van der Waals surface area contributed by atoms with Crippen LogP contribution in [0.1, 0.15) is 29.8 Å². The molecule has 0 unspecified atom stereocenters. The molecule has 1 aromatic heterocycles. The Labute approximate surface area is 187 Å². The van der Waals surface area contributed by atoms with Crippen LogP contribution in [0.3, 0.4) is 0 Å². The number of benzene rings is 2. The topological polar surface area (TPSA) is 97.7 Å². The molecule has 3 aromatic rings. The summed E-state index contributed by atoms with van der Waals surface area (Å²) in [4.78, 5) is 26.0. The average Bonchev–Trinajstić information content (AvgIpc) is 3.15. The number of esters is 1. The van der Waals surface area contributed by atoms with Gasteiger partial charge >= 0.3 is 5.97 Å². The number of rotatable bonds is 8. The number of hydrogen-bond acceptors (Lipinski definition) is 5. The largest absolute Gasteiger partial charge is 0.465 e. The Balaban J connectivity index is 1.87. The molecule has 0 aliphatic heterocycles. The Hall–Kier alpha value is -3.33. The number of nitrogens with zero attached hydrogens (tertiary/aromatic N) is 2. The highest BCUT2D eigenvalue weighted by atomic mass is 32.2. The first-order valence-electron chi connectivity index (χ1n) is 10.3. The first-order chi connectivity index (χ1) is 15.2. The second kappa shape index (κ2) is 9.44. The maximum atomic E-state index is 13.0. The minimum atomic E-state index is -3.93. The molecular weight excluding hydrogens is 430 g/mol. The van der Waals surface area contributed by atoms with Crippen LogP contribution in [0.5, 0.6) is 0 Å². The summed E-state index contributed by atoms with van der Waals surface area (Å²) in [6.45, 7) is 7.06. The summed E-state index contributed by atoms with van der Waals surface area (Å²) in [5, 5.41) is 0.803. The molecule has 1 heterocycles. The number of amides is 1. The van der Waals surface area contributed by atoms with Gasteiger partial charge in [-0.1, -0.05) is 6.07 Å². The summed E-state index contributed by atoms with van der Waals surface area (Å²) < 4.78 is 35.1. The van der Waals surface area contributed by atoms with Gasteiger partial charge in [-0.2, -0.15) is 0 Å². The summed E-state index contributed by atoms with van der Waals surface area (Å²) in [5.74, 6) is -0.582. The van der Waals surface area contributed by atoms with Gasteiger partial charge in [-0.3, -0.25) is 9.52 Å². The predicted molar refractivity (Wildman–Crippen MR) is 123 cm³/mol. The number of nitrogens with one attached hydrogen (secondary N) is 1. The van der Waals surface area contributed by atoms with Crippen LogP contribution in [-0.4, -0.2) is 50.0 Å². The lowest BCUT2D eigenvalue weighted by Crippen LogP contribution is -2.33. The lowest BCUT2D eigenvalue weighted by atomic mass is 10.1. The number of methoxy groups -OCH3 is 1. The molecule has 0 saturated carbocycles. The molecule has 0 saturated heterocycles. The first-order valence-corrected chi connectivity index (χ1v) is 11.8. The van der Waals surface area contributed by atoms with Crippen LogP contribution in [0.15, 0.2) is 53.6 Å². The summed E-state index contributed by atoms with van der Waals surface area (Å²) in [6.07, 6.45) is 1.81. The molecule has 1 amide bonds. The van der Waals surface area contributed by atoms with E-state index in [1.54, 1.807) is 36.1 Å². The van der Waals surface area contributed by atoms with Gasteiger partial charge in [-0.05, 0) is 62.7 Å². The molecule has 9 heteroatoms. The van der Waals surface area contributed by atoms with Gasteiger partial charge in [-0.25, -0.2) is 13.2 Å². The van der Waals surface area contributed by atoms with Crippen LogP contribution in [-0.2, 0) is 26.1 Å². The Morgan fingerprint density at radius 2 is 1.78 bits per heavy atom. The zero-order valence-corrected chi connectivity index (χ0v) is 19.4. The second-order valence-corrected chi connectivity index (χ2v) is 9.01. The number of ether oxygens (including phenoxy) is 1. The summed E-state index contributed by atoms with van der Waals surface area (Å²) >= 11 is 0. The third-order valence-corrected chi connectivity index (χ3v) is 6.87. The molecular formula is C23H27N3O5S. The summed E-state index contributed by atoms with van der Waals surface area (Å²) in [7, 11) is -2.69. The van der Waals surface area contributed by atoms with E-state index in [0.717, 1.165) is 10.9 Å². The normalized spacial score (nSPS) is 11.4. The van der Waals surface area contributed by atoms with Crippen LogP contribution in [0.4, 0.5) is 5.69 Å². The van der Waals surface area contributed by atoms with E-state index in [0.29, 0.717) is 24.3 Å². The van der Waals surface area contributed by atoms with E-state index < -0.39 is 16.0 Å². The van der Waals surface area contributed by atoms with Crippen molar-refractivity contribution in [3.63, 3.8) is 0 Å². The minimum absolute atomic E-state index is 0.00267. The molecule has 0 spiro atoms. The number of anilines is 1. The Bertz CT molecular complexity index is 1260. The zero-order valence-electron chi connectivity index (χ0n) is 18.6. The fraction of sp³-hybridized carbons (Fsp3) is 0.304. The smallest absolute Gasteiger partial charge is 0.337 e. The number of carbonyl (C=O) groups excluding carboxylic acids is 2. The Kier molecular flexibility index (Phi) is 6.88. The van der Waals surface area contributed by atoms with E-state index in [9.17, 15) is 18.0 Å². The van der Waals surface area contributed by atoms with Crippen LogP contribution in [0.25, 0.3) is 10.9 Å². The molecule has 0 atom stereocenters. The predicted octanol–water partition coefficient (Wildman–Crippen LogP) is 3.41. The summed E-state index contributed by atoms with van der Waals surface area (Å²) in [5.41, 5.74) is 1.88. The van der Waals surface area contributed by atoms with Gasteiger partial charge in [0.1, 0.15) is 6.54 Å². The summed E-state index contributed by atoms with van der Waals surface area (Å²) in [6, 6.07) is 11.4. The van der Waals surface area contributed by atoms with Gasteiger partial charge < -0.3 is 14.2 Å². The van der Waals surface area contributed by atoms with Crippen molar-refractivity contribution in [3.05, 3.63) is 59.8 Å². The third kappa shape index (κ3) is 4.77. The van der Waals surface area contributed by atoms with E-state index in [4.69, 9.17) is 0 Å². The molecule has 170 valence electrons. The fourth-order valence-electron chi connectivity index (χ4n) is 3.57. The molecule has 1 N–H and O–H groups in total. The number of hydrogen-bond donors (Lipinski definition) is 1. The van der Waals surface area contributed by atoms with Crippen molar-refractivity contribution in [2.24, 2.45) is 0 Å². The minimum Gasteiger partial charge on any atom is -0.465 e. The van der Waals surface area contributed by atoms with Gasteiger partial charge in [-0.15, -0.1) is 0 Å². The van der Waals surface area contributed by atoms with Crippen molar-refractivity contribution in [1.82, 2.24) is 9.47 Å². The lowest BCUT2D eigenvalue weighted by Gasteiger charge is -2.19. The van der Waals surface area contributed by atoms with Crippen molar-refractivity contribution >= 4 is 38.5 Å². The SMILES string of the molecule is CCN(CC)C(=O)Cn1ccc2cc(NS(=O)(=O)c3cc(C(=O)OC)ccc3C)ccc21. The van der Waals surface area contributed by atoms with Crippen molar-refractivity contribution in [1.29, 1.82) is 0 Å². The maximum Gasteiger partial charge on any atom is 0.337 e. The highest BCUT2D eigenvalue weighted by molar-refractivity contribution is 7.92. The number of likely N-dealkylation sites (N-methyl/N-ethyl adjacent to an activating group) is 1. The molecule has 0 aliphatic carbocycles. The molecule has 3 rings (SSSR count). The van der Waals surface area contributed by atoms with E-state index in [1.807, 2.05) is 30.7 Å². The second-order valence-electron chi connectivity index (χ2n) is 7.36. The fourth-order valence-corrected chi connectivity index (χ4v) is 4.89. The zero-order chi connectivity index (χ0) is 23.5. The van der Waals surface area contributed by atoms with Gasteiger partial charge in [0.25, 0.3) is 10.0 Å². The highest BCUT2D eigenvalue weighted by Gasteiger charge is 2.20. The molecule has 2 aromatic carbocycles. The van der Waals surface area contributed by atoms with Gasteiger partial charge in [0.15, 0.2) is 0 Å².